The van der Waals surface area contributed by atoms with Crippen molar-refractivity contribution in [3.05, 3.63) is 18.1 Å². The van der Waals surface area contributed by atoms with Crippen LogP contribution in [0.4, 0.5) is 5.82 Å². The van der Waals surface area contributed by atoms with Crippen LogP contribution in [-0.2, 0) is 9.47 Å². The number of methoxy groups -OCH3 is 1. The van der Waals surface area contributed by atoms with Gasteiger partial charge in [0.25, 0.3) is 0 Å². The Kier molecular flexibility index (Phi) is 6.71. The summed E-state index contributed by atoms with van der Waals surface area (Å²) >= 11 is 0. The highest BCUT2D eigenvalue weighted by atomic mass is 16.5. The number of esters is 1. The van der Waals surface area contributed by atoms with Crippen molar-refractivity contribution in [2.24, 2.45) is 0 Å². The maximum Gasteiger partial charge on any atom is 0.358 e. The van der Waals surface area contributed by atoms with E-state index in [-0.39, 0.29) is 5.69 Å². The van der Waals surface area contributed by atoms with Gasteiger partial charge in [0.2, 0.25) is 0 Å². The molecule has 0 unspecified atom stereocenters. The molecule has 1 N–H and O–H groups in total. The number of anilines is 1. The van der Waals surface area contributed by atoms with Crippen molar-refractivity contribution < 1.29 is 14.3 Å². The van der Waals surface area contributed by atoms with Gasteiger partial charge in [0.15, 0.2) is 5.69 Å². The fourth-order valence-electron chi connectivity index (χ4n) is 1.25. The molecule has 0 aromatic carbocycles. The zero-order valence-corrected chi connectivity index (χ0v) is 10.8. The van der Waals surface area contributed by atoms with E-state index in [1.54, 1.807) is 6.20 Å². The zero-order chi connectivity index (χ0) is 13.2. The number of ether oxygens (including phenoxy) is 2. The van der Waals surface area contributed by atoms with Gasteiger partial charge in [0, 0.05) is 13.2 Å². The van der Waals surface area contributed by atoms with Gasteiger partial charge < -0.3 is 14.8 Å². The number of carbonyl (C=O) groups excluding carboxylic acids is 1. The van der Waals surface area contributed by atoms with Crippen molar-refractivity contribution >= 4 is 11.8 Å². The SMILES string of the molecule is CCCCOCCNc1cncc(C(=O)OC)n1. The third-order valence-corrected chi connectivity index (χ3v) is 2.22. The van der Waals surface area contributed by atoms with Crippen LogP contribution >= 0.6 is 0 Å². The predicted octanol–water partition coefficient (Wildman–Crippen LogP) is 1.49. The lowest BCUT2D eigenvalue weighted by Gasteiger charge is -2.06. The first-order chi connectivity index (χ1) is 8.77. The van der Waals surface area contributed by atoms with Crippen molar-refractivity contribution in [3.8, 4) is 0 Å². The highest BCUT2D eigenvalue weighted by Crippen LogP contribution is 2.02. The van der Waals surface area contributed by atoms with Crippen molar-refractivity contribution in [1.82, 2.24) is 9.97 Å². The quantitative estimate of drug-likeness (QED) is 0.559. The van der Waals surface area contributed by atoms with Crippen molar-refractivity contribution in [2.45, 2.75) is 19.8 Å². The first kappa shape index (κ1) is 14.4. The summed E-state index contributed by atoms with van der Waals surface area (Å²) in [5, 5.41) is 3.03. The van der Waals surface area contributed by atoms with Gasteiger partial charge in [-0.3, -0.25) is 4.98 Å². The third-order valence-electron chi connectivity index (χ3n) is 2.22. The van der Waals surface area contributed by atoms with E-state index in [1.807, 2.05) is 0 Å². The number of aromatic nitrogens is 2. The second-order valence-electron chi connectivity index (χ2n) is 3.67. The lowest BCUT2D eigenvalue weighted by atomic mass is 10.4. The Morgan fingerprint density at radius 1 is 1.39 bits per heavy atom. The number of unbranched alkanes of at least 4 members (excludes halogenated alkanes) is 1. The molecule has 1 heterocycles. The third kappa shape index (κ3) is 5.09. The molecule has 1 aromatic heterocycles. The molecule has 0 radical (unpaired) electrons. The summed E-state index contributed by atoms with van der Waals surface area (Å²) in [7, 11) is 1.31. The monoisotopic (exact) mass is 253 g/mol. The average Bonchev–Trinajstić information content (AvgIpc) is 2.42. The molecular formula is C12H19N3O3. The summed E-state index contributed by atoms with van der Waals surface area (Å²) in [5.41, 5.74) is 0.189. The van der Waals surface area contributed by atoms with Crippen LogP contribution in [0, 0.1) is 0 Å². The van der Waals surface area contributed by atoms with Crippen LogP contribution in [0.3, 0.4) is 0 Å². The van der Waals surface area contributed by atoms with Crippen LogP contribution in [0.25, 0.3) is 0 Å². The van der Waals surface area contributed by atoms with Gasteiger partial charge in [0.05, 0.1) is 26.1 Å². The van der Waals surface area contributed by atoms with Gasteiger partial charge in [-0.15, -0.1) is 0 Å². The number of hydrogen-bond acceptors (Lipinski definition) is 6. The lowest BCUT2D eigenvalue weighted by Crippen LogP contribution is -2.13. The number of hydrogen-bond donors (Lipinski definition) is 1. The summed E-state index contributed by atoms with van der Waals surface area (Å²) in [5.74, 6) is 0.0438. The Morgan fingerprint density at radius 3 is 2.94 bits per heavy atom. The molecule has 0 aliphatic rings. The molecule has 1 rings (SSSR count). The normalized spacial score (nSPS) is 10.1. The molecule has 6 nitrogen and oxygen atoms in total. The molecule has 0 atom stereocenters. The van der Waals surface area contributed by atoms with E-state index in [0.29, 0.717) is 19.0 Å². The first-order valence-electron chi connectivity index (χ1n) is 6.00. The maximum absolute atomic E-state index is 11.2. The topological polar surface area (TPSA) is 73.3 Å². The molecule has 0 amide bonds. The minimum absolute atomic E-state index is 0.189. The maximum atomic E-state index is 11.2. The van der Waals surface area contributed by atoms with Crippen molar-refractivity contribution in [1.29, 1.82) is 0 Å². The van der Waals surface area contributed by atoms with E-state index in [0.717, 1.165) is 19.4 Å². The smallest absolute Gasteiger partial charge is 0.358 e. The van der Waals surface area contributed by atoms with Gasteiger partial charge >= 0.3 is 5.97 Å². The van der Waals surface area contributed by atoms with Crippen LogP contribution < -0.4 is 5.32 Å². The van der Waals surface area contributed by atoms with Gasteiger partial charge in [-0.05, 0) is 6.42 Å². The molecule has 100 valence electrons. The largest absolute Gasteiger partial charge is 0.464 e. The van der Waals surface area contributed by atoms with Crippen LogP contribution in [0.15, 0.2) is 12.4 Å². The van der Waals surface area contributed by atoms with Crippen LogP contribution in [0.2, 0.25) is 0 Å². The Bertz CT molecular complexity index is 371. The lowest BCUT2D eigenvalue weighted by molar-refractivity contribution is 0.0593. The van der Waals surface area contributed by atoms with E-state index in [1.165, 1.54) is 13.3 Å². The van der Waals surface area contributed by atoms with Crippen LogP contribution in [-0.4, -0.2) is 42.8 Å². The fraction of sp³-hybridized carbons (Fsp3) is 0.583. The molecule has 18 heavy (non-hydrogen) atoms. The Labute approximate surface area is 107 Å². The number of rotatable bonds is 8. The standard InChI is InChI=1S/C12H19N3O3/c1-3-4-6-18-7-5-14-11-9-13-8-10(15-11)12(16)17-2/h8-9H,3-7H2,1-2H3,(H,14,15). The van der Waals surface area contributed by atoms with Crippen LogP contribution in [0.1, 0.15) is 30.3 Å². The molecule has 0 bridgehead atoms. The number of nitrogens with zero attached hydrogens (tertiary/aromatic N) is 2. The minimum atomic E-state index is -0.495. The van der Waals surface area contributed by atoms with E-state index in [4.69, 9.17) is 4.74 Å². The van der Waals surface area contributed by atoms with E-state index in [2.05, 4.69) is 26.9 Å². The zero-order valence-electron chi connectivity index (χ0n) is 10.8. The average molecular weight is 253 g/mol. The van der Waals surface area contributed by atoms with Crippen LogP contribution in [0.5, 0.6) is 0 Å². The van der Waals surface area contributed by atoms with Crippen molar-refractivity contribution in [3.63, 3.8) is 0 Å². The summed E-state index contributed by atoms with van der Waals surface area (Å²) in [6.07, 6.45) is 5.12. The minimum Gasteiger partial charge on any atom is -0.464 e. The summed E-state index contributed by atoms with van der Waals surface area (Å²) < 4.78 is 9.96. The van der Waals surface area contributed by atoms with E-state index in [9.17, 15) is 4.79 Å². The van der Waals surface area contributed by atoms with Crippen molar-refractivity contribution in [2.75, 3.05) is 32.2 Å². The molecule has 0 fully saturated rings. The highest BCUT2D eigenvalue weighted by Gasteiger charge is 2.07. The summed E-state index contributed by atoms with van der Waals surface area (Å²) in [6, 6.07) is 0. The molecule has 1 aromatic rings. The molecule has 0 saturated carbocycles. The molecule has 6 heteroatoms. The molecule has 0 spiro atoms. The highest BCUT2D eigenvalue weighted by molar-refractivity contribution is 5.87. The van der Waals surface area contributed by atoms with Gasteiger partial charge in [0.1, 0.15) is 5.82 Å². The number of carbonyl (C=O) groups is 1. The molecule has 0 aliphatic carbocycles. The van der Waals surface area contributed by atoms with E-state index < -0.39 is 5.97 Å². The molecule has 0 saturated heterocycles. The Balaban J connectivity index is 2.32. The Morgan fingerprint density at radius 2 is 2.22 bits per heavy atom. The summed E-state index contributed by atoms with van der Waals surface area (Å²) in [6.45, 7) is 4.12. The second kappa shape index (κ2) is 8.41. The Hall–Kier alpha value is -1.69. The summed E-state index contributed by atoms with van der Waals surface area (Å²) in [4.78, 5) is 19.2. The molecule has 0 aliphatic heterocycles. The second-order valence-corrected chi connectivity index (χ2v) is 3.67. The molecular weight excluding hydrogens is 234 g/mol. The van der Waals surface area contributed by atoms with E-state index >= 15 is 0 Å². The predicted molar refractivity (Wildman–Crippen MR) is 67.6 cm³/mol. The van der Waals surface area contributed by atoms with Gasteiger partial charge in [-0.2, -0.15) is 0 Å². The van der Waals surface area contributed by atoms with Gasteiger partial charge in [-0.25, -0.2) is 9.78 Å². The number of nitrogens with one attached hydrogen (secondary N) is 1. The first-order valence-corrected chi connectivity index (χ1v) is 6.00. The fourth-order valence-corrected chi connectivity index (χ4v) is 1.25. The van der Waals surface area contributed by atoms with Gasteiger partial charge in [-0.1, -0.05) is 13.3 Å².